The Morgan fingerprint density at radius 2 is 2.20 bits per heavy atom. The summed E-state index contributed by atoms with van der Waals surface area (Å²) in [6, 6.07) is 1.59. The number of aryl methyl sites for hydroxylation is 1. The van der Waals surface area contributed by atoms with Gasteiger partial charge in [0.25, 0.3) is 0 Å². The largest absolute Gasteiger partial charge is 0.468 e. The Morgan fingerprint density at radius 3 is 2.80 bits per heavy atom. The highest BCUT2D eigenvalue weighted by molar-refractivity contribution is 5.74. The molecule has 0 unspecified atom stereocenters. The number of nitrogens with zero attached hydrogens (tertiary/aromatic N) is 2. The third-order valence-corrected chi connectivity index (χ3v) is 1.63. The van der Waals surface area contributed by atoms with Crippen molar-refractivity contribution in [3.8, 4) is 0 Å². The van der Waals surface area contributed by atoms with Crippen LogP contribution in [-0.4, -0.2) is 29.6 Å². The van der Waals surface area contributed by atoms with E-state index in [-0.39, 0.29) is 12.5 Å². The molecule has 82 valence electrons. The van der Waals surface area contributed by atoms with Crippen molar-refractivity contribution in [1.82, 2.24) is 9.97 Å². The minimum absolute atomic E-state index is 0.0525. The number of carbonyl (C=O) groups is 1. The fourth-order valence-corrected chi connectivity index (χ4v) is 0.967. The minimum atomic E-state index is -0.367. The average Bonchev–Trinajstić information content (AvgIpc) is 2.25. The Kier molecular flexibility index (Phi) is 3.81. The van der Waals surface area contributed by atoms with E-state index in [1.807, 2.05) is 0 Å². The number of ether oxygens (including phenoxy) is 1. The third kappa shape index (κ3) is 3.39. The molecule has 0 amide bonds. The van der Waals surface area contributed by atoms with Crippen molar-refractivity contribution in [2.24, 2.45) is 5.84 Å². The first-order valence-corrected chi connectivity index (χ1v) is 4.28. The molecule has 0 aliphatic heterocycles. The van der Waals surface area contributed by atoms with Gasteiger partial charge in [-0.3, -0.25) is 4.79 Å². The van der Waals surface area contributed by atoms with Gasteiger partial charge in [-0.05, 0) is 6.92 Å². The van der Waals surface area contributed by atoms with Gasteiger partial charge in [0.2, 0.25) is 0 Å². The second-order valence-corrected chi connectivity index (χ2v) is 2.76. The predicted octanol–water partition coefficient (Wildman–Crippen LogP) is -0.344. The molecule has 0 aliphatic rings. The summed E-state index contributed by atoms with van der Waals surface area (Å²) >= 11 is 0. The van der Waals surface area contributed by atoms with E-state index in [0.29, 0.717) is 17.5 Å². The van der Waals surface area contributed by atoms with Gasteiger partial charge in [-0.25, -0.2) is 15.8 Å². The summed E-state index contributed by atoms with van der Waals surface area (Å²) in [5.41, 5.74) is 2.40. The maximum absolute atomic E-state index is 10.9. The Labute approximate surface area is 87.0 Å². The van der Waals surface area contributed by atoms with Crippen molar-refractivity contribution in [1.29, 1.82) is 0 Å². The highest BCUT2D eigenvalue weighted by atomic mass is 16.5. The average molecular weight is 211 g/mol. The lowest BCUT2D eigenvalue weighted by atomic mass is 10.5. The van der Waals surface area contributed by atoms with Crippen LogP contribution in [0.25, 0.3) is 0 Å². The first-order chi connectivity index (χ1) is 7.15. The van der Waals surface area contributed by atoms with Crippen molar-refractivity contribution in [3.63, 3.8) is 0 Å². The van der Waals surface area contributed by atoms with Gasteiger partial charge in [-0.2, -0.15) is 0 Å². The molecule has 0 saturated carbocycles. The van der Waals surface area contributed by atoms with Crippen LogP contribution < -0.4 is 16.6 Å². The van der Waals surface area contributed by atoms with Crippen LogP contribution in [0.4, 0.5) is 11.6 Å². The van der Waals surface area contributed by atoms with Crippen molar-refractivity contribution in [3.05, 3.63) is 11.9 Å². The summed E-state index contributed by atoms with van der Waals surface area (Å²) in [5, 5.41) is 2.79. The van der Waals surface area contributed by atoms with Gasteiger partial charge in [0.1, 0.15) is 24.0 Å². The lowest BCUT2D eigenvalue weighted by molar-refractivity contribution is -0.138. The Morgan fingerprint density at radius 1 is 1.53 bits per heavy atom. The molecule has 1 aromatic heterocycles. The SMILES string of the molecule is COC(=O)CNc1cc(NN)nc(C)n1. The molecule has 1 rings (SSSR count). The van der Waals surface area contributed by atoms with E-state index in [1.165, 1.54) is 7.11 Å². The van der Waals surface area contributed by atoms with Crippen LogP contribution in [0, 0.1) is 6.92 Å². The maximum atomic E-state index is 10.9. The monoisotopic (exact) mass is 211 g/mol. The smallest absolute Gasteiger partial charge is 0.325 e. The normalized spacial score (nSPS) is 9.53. The Hall–Kier alpha value is -1.89. The fourth-order valence-electron chi connectivity index (χ4n) is 0.967. The van der Waals surface area contributed by atoms with E-state index in [1.54, 1.807) is 13.0 Å². The third-order valence-electron chi connectivity index (χ3n) is 1.63. The molecule has 0 bridgehead atoms. The van der Waals surface area contributed by atoms with E-state index >= 15 is 0 Å². The number of nitrogens with two attached hydrogens (primary N) is 1. The molecule has 0 atom stereocenters. The standard InChI is InChI=1S/C8H13N5O2/c1-5-11-6(3-7(12-5)13-9)10-4-8(14)15-2/h3H,4,9H2,1-2H3,(H2,10,11,12,13). The van der Waals surface area contributed by atoms with E-state index in [9.17, 15) is 4.79 Å². The van der Waals surface area contributed by atoms with E-state index in [4.69, 9.17) is 5.84 Å². The van der Waals surface area contributed by atoms with Crippen LogP contribution in [0.5, 0.6) is 0 Å². The van der Waals surface area contributed by atoms with Crippen LogP contribution in [0.3, 0.4) is 0 Å². The molecule has 0 aliphatic carbocycles. The zero-order chi connectivity index (χ0) is 11.3. The van der Waals surface area contributed by atoms with Crippen LogP contribution in [-0.2, 0) is 9.53 Å². The van der Waals surface area contributed by atoms with E-state index in [2.05, 4.69) is 25.4 Å². The number of hydrogen-bond acceptors (Lipinski definition) is 7. The zero-order valence-electron chi connectivity index (χ0n) is 8.57. The minimum Gasteiger partial charge on any atom is -0.468 e. The summed E-state index contributed by atoms with van der Waals surface area (Å²) < 4.78 is 4.47. The summed E-state index contributed by atoms with van der Waals surface area (Å²) in [4.78, 5) is 18.9. The van der Waals surface area contributed by atoms with Crippen LogP contribution in [0.1, 0.15) is 5.82 Å². The highest BCUT2D eigenvalue weighted by Gasteiger charge is 2.03. The molecule has 4 N–H and O–H groups in total. The molecule has 15 heavy (non-hydrogen) atoms. The molecule has 7 nitrogen and oxygen atoms in total. The van der Waals surface area contributed by atoms with Gasteiger partial charge >= 0.3 is 5.97 Å². The molecular formula is C8H13N5O2. The predicted molar refractivity (Wildman–Crippen MR) is 55.1 cm³/mol. The second kappa shape index (κ2) is 5.11. The van der Waals surface area contributed by atoms with Crippen LogP contribution in [0.15, 0.2) is 6.07 Å². The lowest BCUT2D eigenvalue weighted by Gasteiger charge is -2.06. The molecule has 0 aromatic carbocycles. The maximum Gasteiger partial charge on any atom is 0.325 e. The zero-order valence-corrected chi connectivity index (χ0v) is 8.57. The van der Waals surface area contributed by atoms with E-state index in [0.717, 1.165) is 0 Å². The first-order valence-electron chi connectivity index (χ1n) is 4.28. The number of hydrogen-bond donors (Lipinski definition) is 3. The number of methoxy groups -OCH3 is 1. The molecule has 0 saturated heterocycles. The molecular weight excluding hydrogens is 198 g/mol. The van der Waals surface area contributed by atoms with Crippen LogP contribution in [0.2, 0.25) is 0 Å². The number of carbonyl (C=O) groups excluding carboxylic acids is 1. The number of nitrogen functional groups attached to an aromatic ring is 1. The van der Waals surface area contributed by atoms with Crippen molar-refractivity contribution >= 4 is 17.6 Å². The first kappa shape index (κ1) is 11.2. The number of rotatable bonds is 4. The Bertz CT molecular complexity index is 355. The number of anilines is 2. The van der Waals surface area contributed by atoms with Gasteiger partial charge in [0.05, 0.1) is 7.11 Å². The number of esters is 1. The molecule has 1 aromatic rings. The molecule has 1 heterocycles. The highest BCUT2D eigenvalue weighted by Crippen LogP contribution is 2.09. The van der Waals surface area contributed by atoms with Crippen molar-refractivity contribution < 1.29 is 9.53 Å². The number of aromatic nitrogens is 2. The number of hydrazine groups is 1. The summed E-state index contributed by atoms with van der Waals surface area (Å²) in [6.45, 7) is 1.78. The van der Waals surface area contributed by atoms with Crippen LogP contribution >= 0.6 is 0 Å². The molecule has 0 radical (unpaired) electrons. The summed E-state index contributed by atoms with van der Waals surface area (Å²) in [5.74, 6) is 6.39. The van der Waals surface area contributed by atoms with Crippen molar-refractivity contribution in [2.75, 3.05) is 24.4 Å². The summed E-state index contributed by atoms with van der Waals surface area (Å²) in [7, 11) is 1.32. The van der Waals surface area contributed by atoms with Gasteiger partial charge in [-0.15, -0.1) is 0 Å². The molecule has 7 heteroatoms. The van der Waals surface area contributed by atoms with E-state index < -0.39 is 0 Å². The van der Waals surface area contributed by atoms with Gasteiger partial charge in [0.15, 0.2) is 0 Å². The topological polar surface area (TPSA) is 102 Å². The Balaban J connectivity index is 2.68. The second-order valence-electron chi connectivity index (χ2n) is 2.76. The molecule has 0 fully saturated rings. The van der Waals surface area contributed by atoms with Crippen molar-refractivity contribution in [2.45, 2.75) is 6.92 Å². The fraction of sp³-hybridized carbons (Fsp3) is 0.375. The van der Waals surface area contributed by atoms with Gasteiger partial charge in [0, 0.05) is 6.07 Å². The summed E-state index contributed by atoms with van der Waals surface area (Å²) in [6.07, 6.45) is 0. The lowest BCUT2D eigenvalue weighted by Crippen LogP contribution is -2.17. The molecule has 0 spiro atoms. The quantitative estimate of drug-likeness (QED) is 0.355. The van der Waals surface area contributed by atoms with Gasteiger partial charge in [-0.1, -0.05) is 0 Å². The number of nitrogens with one attached hydrogen (secondary N) is 2. The van der Waals surface area contributed by atoms with Gasteiger partial charge < -0.3 is 15.5 Å².